The van der Waals surface area contributed by atoms with Crippen LogP contribution in [0.15, 0.2) is 58.1 Å². The van der Waals surface area contributed by atoms with Crippen LogP contribution < -0.4 is 10.6 Å². The molecule has 0 bridgehead atoms. The van der Waals surface area contributed by atoms with Crippen LogP contribution in [0.25, 0.3) is 0 Å². The van der Waals surface area contributed by atoms with E-state index in [9.17, 15) is 0 Å². The molecule has 1 aromatic carbocycles. The molecule has 0 aliphatic rings. The van der Waals surface area contributed by atoms with Crippen LogP contribution in [0, 0.1) is 0 Å². The summed E-state index contributed by atoms with van der Waals surface area (Å²) in [6, 6.07) is 13.9. The molecule has 6 heteroatoms. The molecule has 25 heavy (non-hydrogen) atoms. The maximum absolute atomic E-state index is 5.55. The van der Waals surface area contributed by atoms with Crippen LogP contribution in [0.5, 0.6) is 0 Å². The first-order valence-electron chi connectivity index (χ1n) is 8.46. The Kier molecular flexibility index (Phi) is 8.58. The minimum Gasteiger partial charge on any atom is -0.467 e. The predicted octanol–water partition coefficient (Wildman–Crippen LogP) is 2.74. The molecule has 0 fully saturated rings. The van der Waals surface area contributed by atoms with Crippen LogP contribution in [0.1, 0.15) is 23.8 Å². The highest BCUT2D eigenvalue weighted by Gasteiger charge is 2.10. The van der Waals surface area contributed by atoms with Crippen LogP contribution in [-0.4, -0.2) is 39.8 Å². The minimum atomic E-state index is -0.0172. The lowest BCUT2D eigenvalue weighted by molar-refractivity contribution is 0.104. The van der Waals surface area contributed by atoms with E-state index in [2.05, 4.69) is 27.8 Å². The molecule has 6 nitrogen and oxygen atoms in total. The number of hydrogen-bond acceptors (Lipinski definition) is 4. The van der Waals surface area contributed by atoms with Crippen molar-refractivity contribution in [3.05, 3.63) is 60.1 Å². The van der Waals surface area contributed by atoms with Gasteiger partial charge in [-0.15, -0.1) is 0 Å². The van der Waals surface area contributed by atoms with E-state index in [0.717, 1.165) is 30.2 Å². The number of methoxy groups -OCH3 is 1. The van der Waals surface area contributed by atoms with Gasteiger partial charge in [0.15, 0.2) is 5.96 Å². The van der Waals surface area contributed by atoms with E-state index in [1.165, 1.54) is 0 Å². The molecule has 2 N–H and O–H groups in total. The van der Waals surface area contributed by atoms with Crippen molar-refractivity contribution in [2.24, 2.45) is 4.99 Å². The maximum atomic E-state index is 5.55. The zero-order chi connectivity index (χ0) is 17.7. The van der Waals surface area contributed by atoms with Gasteiger partial charge >= 0.3 is 0 Å². The molecular weight excluding hydrogens is 318 g/mol. The number of furan rings is 1. The van der Waals surface area contributed by atoms with Crippen LogP contribution in [-0.2, 0) is 16.1 Å². The fourth-order valence-corrected chi connectivity index (χ4v) is 2.36. The van der Waals surface area contributed by atoms with Crippen molar-refractivity contribution in [3.8, 4) is 0 Å². The lowest BCUT2D eigenvalue weighted by Crippen LogP contribution is -2.40. The van der Waals surface area contributed by atoms with E-state index in [1.54, 1.807) is 20.4 Å². The van der Waals surface area contributed by atoms with Crippen molar-refractivity contribution in [1.82, 2.24) is 10.6 Å². The lowest BCUT2D eigenvalue weighted by atomic mass is 10.1. The van der Waals surface area contributed by atoms with Gasteiger partial charge in [0.2, 0.25) is 0 Å². The summed E-state index contributed by atoms with van der Waals surface area (Å²) in [5.74, 6) is 1.60. The van der Waals surface area contributed by atoms with Gasteiger partial charge in [-0.1, -0.05) is 30.3 Å². The van der Waals surface area contributed by atoms with Gasteiger partial charge in [0.25, 0.3) is 0 Å². The van der Waals surface area contributed by atoms with Crippen LogP contribution in [0.2, 0.25) is 0 Å². The number of ether oxygens (including phenoxy) is 2. The third kappa shape index (κ3) is 6.99. The van der Waals surface area contributed by atoms with E-state index in [4.69, 9.17) is 13.9 Å². The molecule has 1 atom stereocenters. The van der Waals surface area contributed by atoms with Crippen LogP contribution in [0.4, 0.5) is 0 Å². The van der Waals surface area contributed by atoms with Gasteiger partial charge in [0, 0.05) is 33.9 Å². The first kappa shape index (κ1) is 19.0. The Labute approximate surface area is 149 Å². The summed E-state index contributed by atoms with van der Waals surface area (Å²) in [5.41, 5.74) is 1.14. The number of nitrogens with one attached hydrogen (secondary N) is 2. The van der Waals surface area contributed by atoms with Gasteiger partial charge in [0.05, 0.1) is 12.4 Å². The summed E-state index contributed by atoms with van der Waals surface area (Å²) < 4.78 is 16.3. The van der Waals surface area contributed by atoms with Crippen molar-refractivity contribution in [3.63, 3.8) is 0 Å². The monoisotopic (exact) mass is 345 g/mol. The standard InChI is InChI=1S/C19H27N3O3/c1-20-19(21-11-7-12-24-15-17-10-6-13-25-17)22-14-18(23-2)16-8-4-3-5-9-16/h3-6,8-10,13,18H,7,11-12,14-15H2,1-2H3,(H2,20,21,22). The Morgan fingerprint density at radius 1 is 1.16 bits per heavy atom. The third-order valence-electron chi connectivity index (χ3n) is 3.72. The fraction of sp³-hybridized carbons (Fsp3) is 0.421. The molecule has 1 unspecified atom stereocenters. The second-order valence-corrected chi connectivity index (χ2v) is 5.50. The van der Waals surface area contributed by atoms with Crippen LogP contribution >= 0.6 is 0 Å². The molecule has 1 aromatic heterocycles. The van der Waals surface area contributed by atoms with Crippen molar-refractivity contribution in [2.45, 2.75) is 19.1 Å². The molecule has 0 aliphatic heterocycles. The van der Waals surface area contributed by atoms with Gasteiger partial charge in [-0.2, -0.15) is 0 Å². The zero-order valence-electron chi connectivity index (χ0n) is 14.9. The first-order chi connectivity index (χ1) is 12.3. The molecule has 2 aromatic rings. The van der Waals surface area contributed by atoms with E-state index in [0.29, 0.717) is 19.8 Å². The van der Waals surface area contributed by atoms with Crippen molar-refractivity contribution in [2.75, 3.05) is 33.9 Å². The lowest BCUT2D eigenvalue weighted by Gasteiger charge is -2.18. The average molecular weight is 345 g/mol. The first-order valence-corrected chi connectivity index (χ1v) is 8.46. The van der Waals surface area contributed by atoms with E-state index >= 15 is 0 Å². The average Bonchev–Trinajstić information content (AvgIpc) is 3.17. The Balaban J connectivity index is 1.61. The number of hydrogen-bond donors (Lipinski definition) is 2. The Morgan fingerprint density at radius 3 is 2.68 bits per heavy atom. The summed E-state index contributed by atoms with van der Waals surface area (Å²) >= 11 is 0. The van der Waals surface area contributed by atoms with Crippen molar-refractivity contribution in [1.29, 1.82) is 0 Å². The topological polar surface area (TPSA) is 68.0 Å². The number of rotatable bonds is 10. The number of nitrogens with zero attached hydrogens (tertiary/aromatic N) is 1. The van der Waals surface area contributed by atoms with Crippen molar-refractivity contribution >= 4 is 5.96 Å². The maximum Gasteiger partial charge on any atom is 0.191 e. The molecule has 0 radical (unpaired) electrons. The van der Waals surface area contributed by atoms with Gasteiger partial charge in [0.1, 0.15) is 12.4 Å². The van der Waals surface area contributed by atoms with Gasteiger partial charge in [-0.05, 0) is 24.1 Å². The minimum absolute atomic E-state index is 0.0172. The van der Waals surface area contributed by atoms with Crippen molar-refractivity contribution < 1.29 is 13.9 Å². The largest absolute Gasteiger partial charge is 0.467 e. The highest BCUT2D eigenvalue weighted by molar-refractivity contribution is 5.79. The van der Waals surface area contributed by atoms with Gasteiger partial charge in [-0.3, -0.25) is 4.99 Å². The predicted molar refractivity (Wildman–Crippen MR) is 98.5 cm³/mol. The van der Waals surface area contributed by atoms with E-state index in [-0.39, 0.29) is 6.10 Å². The molecule has 1 heterocycles. The third-order valence-corrected chi connectivity index (χ3v) is 3.72. The summed E-state index contributed by atoms with van der Waals surface area (Å²) in [4.78, 5) is 4.23. The van der Waals surface area contributed by atoms with Crippen LogP contribution in [0.3, 0.4) is 0 Å². The van der Waals surface area contributed by atoms with E-state index < -0.39 is 0 Å². The smallest absolute Gasteiger partial charge is 0.191 e. The summed E-state index contributed by atoms with van der Waals surface area (Å²) in [7, 11) is 3.47. The summed E-state index contributed by atoms with van der Waals surface area (Å²) in [6.45, 7) is 2.60. The highest BCUT2D eigenvalue weighted by Crippen LogP contribution is 2.14. The Hall–Kier alpha value is -2.31. The Morgan fingerprint density at radius 2 is 2.00 bits per heavy atom. The van der Waals surface area contributed by atoms with E-state index in [1.807, 2.05) is 30.3 Å². The number of guanidine groups is 1. The highest BCUT2D eigenvalue weighted by atomic mass is 16.5. The SMILES string of the molecule is CN=C(NCCCOCc1ccco1)NCC(OC)c1ccccc1. The number of benzene rings is 1. The molecule has 0 spiro atoms. The molecule has 0 saturated heterocycles. The van der Waals surface area contributed by atoms with Gasteiger partial charge in [-0.25, -0.2) is 0 Å². The number of aliphatic imine (C=N–C) groups is 1. The summed E-state index contributed by atoms with van der Waals surface area (Å²) in [5, 5.41) is 6.56. The molecule has 0 saturated carbocycles. The molecule has 2 rings (SSSR count). The molecule has 0 amide bonds. The molecule has 136 valence electrons. The molecular formula is C19H27N3O3. The second kappa shape index (κ2) is 11.3. The Bertz CT molecular complexity index is 600. The second-order valence-electron chi connectivity index (χ2n) is 5.50. The van der Waals surface area contributed by atoms with Gasteiger partial charge < -0.3 is 24.5 Å². The molecule has 0 aliphatic carbocycles. The quantitative estimate of drug-likeness (QED) is 0.394. The fourth-order valence-electron chi connectivity index (χ4n) is 2.36. The summed E-state index contributed by atoms with van der Waals surface area (Å²) in [6.07, 6.45) is 2.52. The zero-order valence-corrected chi connectivity index (χ0v) is 14.9. The normalized spacial score (nSPS) is 12.8.